The van der Waals surface area contributed by atoms with E-state index in [-0.39, 0.29) is 23.9 Å². The number of carbonyl (C=O) groups excluding carboxylic acids is 3. The molecule has 3 fully saturated rings. The van der Waals surface area contributed by atoms with E-state index in [2.05, 4.69) is 21.2 Å². The Morgan fingerprint density at radius 1 is 1.42 bits per heavy atom. The first-order valence-corrected chi connectivity index (χ1v) is 11.5. The van der Waals surface area contributed by atoms with Gasteiger partial charge in [-0.3, -0.25) is 14.4 Å². The molecule has 1 unspecified atom stereocenters. The van der Waals surface area contributed by atoms with Crippen LogP contribution in [0.3, 0.4) is 0 Å². The van der Waals surface area contributed by atoms with E-state index in [9.17, 15) is 19.5 Å². The van der Waals surface area contributed by atoms with Crippen LogP contribution in [0.2, 0.25) is 5.02 Å². The minimum atomic E-state index is -1.19. The normalized spacial score (nSPS) is 34.5. The smallest absolute Gasteiger partial charge is 0.312 e. The van der Waals surface area contributed by atoms with Crippen LogP contribution in [0.4, 0.5) is 5.69 Å². The van der Waals surface area contributed by atoms with Crippen LogP contribution in [0.5, 0.6) is 0 Å². The number of alkyl halides is 1. The van der Waals surface area contributed by atoms with E-state index in [1.807, 2.05) is 0 Å². The highest BCUT2D eigenvalue weighted by Gasteiger charge is 2.77. The molecule has 0 saturated carbocycles. The first kappa shape index (κ1) is 22.5. The van der Waals surface area contributed by atoms with E-state index >= 15 is 0 Å². The van der Waals surface area contributed by atoms with Crippen LogP contribution in [-0.2, 0) is 23.9 Å². The highest BCUT2D eigenvalue weighted by atomic mass is 79.9. The first-order valence-electron chi connectivity index (χ1n) is 10.2. The van der Waals surface area contributed by atoms with Crippen LogP contribution in [0.1, 0.15) is 20.3 Å². The number of nitrogens with zero attached hydrogens (tertiary/aromatic N) is 1. The van der Waals surface area contributed by atoms with E-state index < -0.39 is 47.5 Å². The Morgan fingerprint density at radius 2 is 2.10 bits per heavy atom. The van der Waals surface area contributed by atoms with E-state index in [1.54, 1.807) is 38.1 Å². The Morgan fingerprint density at radius 3 is 2.71 bits per heavy atom. The number of halogens is 2. The Hall–Kier alpha value is -1.68. The number of amides is 2. The molecule has 3 heterocycles. The molecule has 1 aromatic rings. The Labute approximate surface area is 193 Å². The second kappa shape index (κ2) is 8.35. The van der Waals surface area contributed by atoms with Crippen LogP contribution in [0.15, 0.2) is 24.3 Å². The van der Waals surface area contributed by atoms with Gasteiger partial charge in [0.05, 0.1) is 37.2 Å². The second-order valence-electron chi connectivity index (χ2n) is 8.19. The van der Waals surface area contributed by atoms with Crippen LogP contribution in [0, 0.1) is 11.8 Å². The fraction of sp³-hybridized carbons (Fsp3) is 0.571. The molecule has 1 spiro atoms. The van der Waals surface area contributed by atoms with Gasteiger partial charge in [0.1, 0.15) is 11.6 Å². The summed E-state index contributed by atoms with van der Waals surface area (Å²) in [5, 5.41) is 13.2. The average Bonchev–Trinajstić information content (AvgIpc) is 3.32. The lowest BCUT2D eigenvalue weighted by Crippen LogP contribution is -2.56. The van der Waals surface area contributed by atoms with Gasteiger partial charge in [0.25, 0.3) is 0 Å². The number of likely N-dealkylation sites (tertiary alicyclic amines) is 1. The molecule has 168 valence electrons. The zero-order valence-corrected chi connectivity index (χ0v) is 19.4. The summed E-state index contributed by atoms with van der Waals surface area (Å²) < 4.78 is 11.5. The summed E-state index contributed by atoms with van der Waals surface area (Å²) in [5.74, 6) is -2.99. The Balaban J connectivity index is 1.73. The molecule has 0 radical (unpaired) electrons. The van der Waals surface area contributed by atoms with Crippen molar-refractivity contribution in [2.24, 2.45) is 11.8 Å². The van der Waals surface area contributed by atoms with Crippen molar-refractivity contribution in [1.82, 2.24) is 4.90 Å². The number of aliphatic hydroxyl groups is 1. The summed E-state index contributed by atoms with van der Waals surface area (Å²) in [5.41, 5.74) is -0.670. The lowest BCUT2D eigenvalue weighted by molar-refractivity contribution is -0.155. The second-order valence-corrected chi connectivity index (χ2v) is 9.80. The molecule has 7 atom stereocenters. The maximum atomic E-state index is 13.5. The van der Waals surface area contributed by atoms with Crippen molar-refractivity contribution < 1.29 is 29.0 Å². The van der Waals surface area contributed by atoms with E-state index in [1.165, 1.54) is 4.90 Å². The minimum absolute atomic E-state index is 0.181. The van der Waals surface area contributed by atoms with Crippen molar-refractivity contribution >= 4 is 51.0 Å². The molecule has 3 saturated heterocycles. The molecule has 10 heteroatoms. The van der Waals surface area contributed by atoms with Gasteiger partial charge in [-0.15, -0.1) is 0 Å². The van der Waals surface area contributed by atoms with Gasteiger partial charge in [-0.1, -0.05) is 27.5 Å². The number of benzene rings is 1. The third kappa shape index (κ3) is 3.46. The number of carbonyl (C=O) groups is 3. The number of ether oxygens (including phenoxy) is 2. The molecule has 31 heavy (non-hydrogen) atoms. The lowest BCUT2D eigenvalue weighted by atomic mass is 9.70. The molecule has 3 aliphatic rings. The van der Waals surface area contributed by atoms with E-state index in [0.717, 1.165) is 0 Å². The van der Waals surface area contributed by atoms with Gasteiger partial charge in [-0.2, -0.15) is 0 Å². The maximum absolute atomic E-state index is 13.5. The first-order chi connectivity index (χ1) is 14.7. The van der Waals surface area contributed by atoms with Crippen molar-refractivity contribution in [3.63, 3.8) is 0 Å². The molecule has 0 aromatic heterocycles. The van der Waals surface area contributed by atoms with E-state index in [0.29, 0.717) is 17.1 Å². The highest BCUT2D eigenvalue weighted by molar-refractivity contribution is 9.09. The molecule has 2 bridgehead atoms. The Bertz CT molecular complexity index is 898. The number of hydrogen-bond donors (Lipinski definition) is 2. The number of rotatable bonds is 6. The van der Waals surface area contributed by atoms with Crippen LogP contribution >= 0.6 is 27.5 Å². The van der Waals surface area contributed by atoms with Crippen LogP contribution in [0.25, 0.3) is 0 Å². The van der Waals surface area contributed by atoms with Crippen molar-refractivity contribution in [1.29, 1.82) is 0 Å². The standard InChI is InChI=1S/C21H24BrClN2O6/c1-3-30-20(29)14-15-19(28)25(10(2)9-26)17(21(15)8-13(22)16(14)31-21)18(27)24-12-6-4-11(23)5-7-12/h4-7,10,13-17,26H,3,8-9H2,1-2H3,(H,24,27)/t10-,13?,14+,15-,16+,17+,21-/m1/s1. The van der Waals surface area contributed by atoms with Gasteiger partial charge in [-0.25, -0.2) is 0 Å². The van der Waals surface area contributed by atoms with Gasteiger partial charge in [0, 0.05) is 15.5 Å². The van der Waals surface area contributed by atoms with Gasteiger partial charge in [0.2, 0.25) is 11.8 Å². The summed E-state index contributed by atoms with van der Waals surface area (Å²) in [7, 11) is 0. The zero-order chi connectivity index (χ0) is 22.5. The largest absolute Gasteiger partial charge is 0.466 e. The average molecular weight is 516 g/mol. The molecule has 4 rings (SSSR count). The summed E-state index contributed by atoms with van der Waals surface area (Å²) in [6, 6.07) is 4.98. The SMILES string of the molecule is CCOC(=O)[C@@H]1[C@H]2O[C@@]3(CC2Br)[C@H](C(=O)Nc2ccc(Cl)cc2)N([C@H](C)CO)C(=O)[C@@H]13. The molecule has 0 aliphatic carbocycles. The summed E-state index contributed by atoms with van der Waals surface area (Å²) >= 11 is 9.50. The number of hydrogen-bond acceptors (Lipinski definition) is 6. The van der Waals surface area contributed by atoms with Crippen molar-refractivity contribution in [3.05, 3.63) is 29.3 Å². The number of anilines is 1. The van der Waals surface area contributed by atoms with Crippen molar-refractivity contribution in [2.45, 2.75) is 48.9 Å². The van der Waals surface area contributed by atoms with Gasteiger partial charge in [-0.05, 0) is 44.5 Å². The molecule has 2 amide bonds. The predicted octanol–water partition coefficient (Wildman–Crippen LogP) is 1.97. The van der Waals surface area contributed by atoms with Crippen LogP contribution < -0.4 is 5.32 Å². The van der Waals surface area contributed by atoms with Crippen molar-refractivity contribution in [3.8, 4) is 0 Å². The predicted molar refractivity (Wildman–Crippen MR) is 116 cm³/mol. The molecular weight excluding hydrogens is 492 g/mol. The van der Waals surface area contributed by atoms with E-state index in [4.69, 9.17) is 21.1 Å². The van der Waals surface area contributed by atoms with Crippen LogP contribution in [-0.4, -0.2) is 69.6 Å². The van der Waals surface area contributed by atoms with Crippen molar-refractivity contribution in [2.75, 3.05) is 18.5 Å². The molecular formula is C21H24BrClN2O6. The maximum Gasteiger partial charge on any atom is 0.312 e. The number of nitrogens with one attached hydrogen (secondary N) is 1. The highest BCUT2D eigenvalue weighted by Crippen LogP contribution is 2.60. The van der Waals surface area contributed by atoms with Gasteiger partial charge >= 0.3 is 5.97 Å². The fourth-order valence-electron chi connectivity index (χ4n) is 5.18. The molecule has 3 aliphatic heterocycles. The van der Waals surface area contributed by atoms with Gasteiger partial charge in [0.15, 0.2) is 0 Å². The third-order valence-electron chi connectivity index (χ3n) is 6.39. The zero-order valence-electron chi connectivity index (χ0n) is 17.1. The number of fused-ring (bicyclic) bond motifs is 1. The Kier molecular flexibility index (Phi) is 6.06. The third-order valence-corrected chi connectivity index (χ3v) is 7.48. The molecule has 1 aromatic carbocycles. The fourth-order valence-corrected chi connectivity index (χ4v) is 6.25. The minimum Gasteiger partial charge on any atom is -0.466 e. The quantitative estimate of drug-likeness (QED) is 0.443. The summed E-state index contributed by atoms with van der Waals surface area (Å²) in [6.45, 7) is 3.21. The molecule has 8 nitrogen and oxygen atoms in total. The number of aliphatic hydroxyl groups excluding tert-OH is 1. The number of esters is 1. The summed E-state index contributed by atoms with van der Waals surface area (Å²) in [6.07, 6.45) is -0.178. The molecule has 2 N–H and O–H groups in total. The monoisotopic (exact) mass is 514 g/mol. The lowest BCUT2D eigenvalue weighted by Gasteiger charge is -2.35. The van der Waals surface area contributed by atoms with Gasteiger partial charge < -0.3 is 24.8 Å². The topological polar surface area (TPSA) is 105 Å². The summed E-state index contributed by atoms with van der Waals surface area (Å²) in [4.78, 5) is 40.9.